The lowest BCUT2D eigenvalue weighted by Gasteiger charge is -2.11. The van der Waals surface area contributed by atoms with Crippen LogP contribution in [0.1, 0.15) is 28.1 Å². The molecule has 5 nitrogen and oxygen atoms in total. The van der Waals surface area contributed by atoms with Crippen molar-refractivity contribution < 1.29 is 32.3 Å². The van der Waals surface area contributed by atoms with E-state index >= 15 is 0 Å². The van der Waals surface area contributed by atoms with Crippen molar-refractivity contribution in [1.29, 1.82) is 0 Å². The van der Waals surface area contributed by atoms with E-state index < -0.39 is 30.2 Å². The van der Waals surface area contributed by atoms with Gasteiger partial charge in [-0.15, -0.1) is 11.3 Å². The van der Waals surface area contributed by atoms with Crippen LogP contribution in [0, 0.1) is 0 Å². The van der Waals surface area contributed by atoms with E-state index in [1.807, 2.05) is 0 Å². The summed E-state index contributed by atoms with van der Waals surface area (Å²) in [7, 11) is 0. The SMILES string of the molecule is O=C(COC(=O)CCC(=O)c1cccs1)Nc1cc(C(F)(F)F)ccc1Cl. The molecule has 1 aromatic heterocycles. The third-order valence-electron chi connectivity index (χ3n) is 3.28. The van der Waals surface area contributed by atoms with Gasteiger partial charge in [-0.3, -0.25) is 14.4 Å². The number of carbonyl (C=O) groups excluding carboxylic acids is 3. The number of esters is 1. The summed E-state index contributed by atoms with van der Waals surface area (Å²) in [5, 5.41) is 3.79. The number of amides is 1. The van der Waals surface area contributed by atoms with Gasteiger partial charge in [-0.25, -0.2) is 0 Å². The third kappa shape index (κ3) is 6.37. The molecule has 0 radical (unpaired) electrons. The van der Waals surface area contributed by atoms with Gasteiger partial charge in [0.25, 0.3) is 5.91 Å². The molecule has 0 aliphatic carbocycles. The second-order valence-electron chi connectivity index (χ2n) is 5.30. The average Bonchev–Trinajstić information content (AvgIpc) is 3.13. The van der Waals surface area contributed by atoms with E-state index in [1.165, 1.54) is 11.3 Å². The smallest absolute Gasteiger partial charge is 0.416 e. The standard InChI is InChI=1S/C17H13ClF3NO4S/c18-11-4-3-10(17(19,20)21)8-12(11)22-15(24)9-26-16(25)6-5-13(23)14-2-1-7-27-14/h1-4,7-8H,5-6,9H2,(H,22,24). The Morgan fingerprint density at radius 2 is 1.89 bits per heavy atom. The Labute approximate surface area is 161 Å². The average molecular weight is 420 g/mol. The summed E-state index contributed by atoms with van der Waals surface area (Å²) in [4.78, 5) is 35.6. The molecule has 1 N–H and O–H groups in total. The van der Waals surface area contributed by atoms with Crippen molar-refractivity contribution in [2.75, 3.05) is 11.9 Å². The highest BCUT2D eigenvalue weighted by molar-refractivity contribution is 7.12. The topological polar surface area (TPSA) is 72.5 Å². The van der Waals surface area contributed by atoms with E-state index in [0.29, 0.717) is 10.9 Å². The Hall–Kier alpha value is -2.39. The van der Waals surface area contributed by atoms with E-state index in [-0.39, 0.29) is 29.3 Å². The zero-order chi connectivity index (χ0) is 20.0. The highest BCUT2D eigenvalue weighted by Gasteiger charge is 2.31. The predicted octanol–water partition coefficient (Wildman–Crippen LogP) is 4.57. The molecular formula is C17H13ClF3NO4S. The number of thiophene rings is 1. The first kappa shape index (κ1) is 20.9. The normalized spacial score (nSPS) is 11.1. The largest absolute Gasteiger partial charge is 0.456 e. The summed E-state index contributed by atoms with van der Waals surface area (Å²) in [5.41, 5.74) is -1.23. The van der Waals surface area contributed by atoms with Crippen molar-refractivity contribution >= 4 is 46.3 Å². The lowest BCUT2D eigenvalue weighted by Crippen LogP contribution is -2.21. The molecule has 0 aliphatic rings. The predicted molar refractivity (Wildman–Crippen MR) is 93.9 cm³/mol. The summed E-state index contributed by atoms with van der Waals surface area (Å²) >= 11 is 7.01. The second-order valence-corrected chi connectivity index (χ2v) is 6.66. The molecule has 0 atom stereocenters. The fourth-order valence-corrected chi connectivity index (χ4v) is 2.84. The molecule has 2 aromatic rings. The van der Waals surface area contributed by atoms with Gasteiger partial charge < -0.3 is 10.1 Å². The molecule has 0 spiro atoms. The molecule has 0 bridgehead atoms. The van der Waals surface area contributed by atoms with Crippen molar-refractivity contribution in [3.05, 3.63) is 51.2 Å². The van der Waals surface area contributed by atoms with Crippen LogP contribution >= 0.6 is 22.9 Å². The highest BCUT2D eigenvalue weighted by Crippen LogP contribution is 2.33. The lowest BCUT2D eigenvalue weighted by molar-refractivity contribution is -0.147. The van der Waals surface area contributed by atoms with Crippen LogP contribution < -0.4 is 5.32 Å². The van der Waals surface area contributed by atoms with Gasteiger partial charge in [0.15, 0.2) is 12.4 Å². The van der Waals surface area contributed by atoms with Gasteiger partial charge in [-0.2, -0.15) is 13.2 Å². The van der Waals surface area contributed by atoms with Gasteiger partial charge in [0, 0.05) is 6.42 Å². The molecule has 0 fully saturated rings. The van der Waals surface area contributed by atoms with Gasteiger partial charge >= 0.3 is 12.1 Å². The minimum Gasteiger partial charge on any atom is -0.456 e. The van der Waals surface area contributed by atoms with Crippen LogP contribution in [0.2, 0.25) is 5.02 Å². The first-order valence-electron chi connectivity index (χ1n) is 7.55. The molecule has 0 saturated heterocycles. The molecule has 1 aromatic carbocycles. The molecule has 27 heavy (non-hydrogen) atoms. The van der Waals surface area contributed by atoms with Crippen LogP contribution in [0.25, 0.3) is 0 Å². The highest BCUT2D eigenvalue weighted by atomic mass is 35.5. The van der Waals surface area contributed by atoms with Gasteiger partial charge in [-0.05, 0) is 29.6 Å². The van der Waals surface area contributed by atoms with Crippen molar-refractivity contribution in [3.63, 3.8) is 0 Å². The number of rotatable bonds is 7. The number of halogens is 4. The first-order valence-corrected chi connectivity index (χ1v) is 8.81. The van der Waals surface area contributed by atoms with Crippen LogP contribution in [0.4, 0.5) is 18.9 Å². The number of nitrogens with one attached hydrogen (secondary N) is 1. The zero-order valence-corrected chi connectivity index (χ0v) is 15.2. The summed E-state index contributed by atoms with van der Waals surface area (Å²) in [6.45, 7) is -0.710. The Morgan fingerprint density at radius 1 is 1.15 bits per heavy atom. The number of carbonyl (C=O) groups is 3. The Morgan fingerprint density at radius 3 is 2.52 bits per heavy atom. The van der Waals surface area contributed by atoms with E-state index in [2.05, 4.69) is 5.32 Å². The fourth-order valence-electron chi connectivity index (χ4n) is 1.98. The van der Waals surface area contributed by atoms with Gasteiger partial charge in [0.1, 0.15) is 0 Å². The van der Waals surface area contributed by atoms with Crippen LogP contribution in [0.15, 0.2) is 35.7 Å². The zero-order valence-electron chi connectivity index (χ0n) is 13.6. The van der Waals surface area contributed by atoms with E-state index in [9.17, 15) is 27.6 Å². The maximum Gasteiger partial charge on any atom is 0.416 e. The van der Waals surface area contributed by atoms with Gasteiger partial charge in [0.05, 0.1) is 27.6 Å². The van der Waals surface area contributed by atoms with Crippen LogP contribution in [-0.2, 0) is 20.5 Å². The maximum atomic E-state index is 12.7. The molecular weight excluding hydrogens is 407 g/mol. The molecule has 1 heterocycles. The molecule has 2 rings (SSSR count). The summed E-state index contributed by atoms with van der Waals surface area (Å²) in [6, 6.07) is 5.80. The minimum absolute atomic E-state index is 0.0690. The first-order chi connectivity index (χ1) is 12.7. The van der Waals surface area contributed by atoms with Crippen molar-refractivity contribution in [2.45, 2.75) is 19.0 Å². The molecule has 1 amide bonds. The number of benzene rings is 1. The van der Waals surface area contributed by atoms with Gasteiger partial charge in [-0.1, -0.05) is 17.7 Å². The number of anilines is 1. The summed E-state index contributed by atoms with van der Waals surface area (Å²) < 4.78 is 42.8. The number of alkyl halides is 3. The van der Waals surface area contributed by atoms with Crippen molar-refractivity contribution in [2.24, 2.45) is 0 Å². The third-order valence-corrected chi connectivity index (χ3v) is 4.52. The van der Waals surface area contributed by atoms with E-state index in [1.54, 1.807) is 17.5 Å². The second kappa shape index (κ2) is 9.01. The lowest BCUT2D eigenvalue weighted by atomic mass is 10.2. The molecule has 0 saturated carbocycles. The summed E-state index contributed by atoms with van der Waals surface area (Å²) in [6.07, 6.45) is -4.87. The van der Waals surface area contributed by atoms with Crippen molar-refractivity contribution in [1.82, 2.24) is 0 Å². The summed E-state index contributed by atoms with van der Waals surface area (Å²) in [5.74, 6) is -1.85. The number of ether oxygens (including phenoxy) is 1. The fraction of sp³-hybridized carbons (Fsp3) is 0.235. The molecule has 0 aliphatic heterocycles. The molecule has 10 heteroatoms. The number of hydrogen-bond donors (Lipinski definition) is 1. The minimum atomic E-state index is -4.59. The van der Waals surface area contributed by atoms with Crippen LogP contribution in [0.5, 0.6) is 0 Å². The van der Waals surface area contributed by atoms with Crippen molar-refractivity contribution in [3.8, 4) is 0 Å². The van der Waals surface area contributed by atoms with E-state index in [4.69, 9.17) is 16.3 Å². The Kier molecular flexibility index (Phi) is 6.98. The Bertz CT molecular complexity index is 837. The number of Topliss-reactive ketones (excluding diaryl/α,β-unsaturated/α-hetero) is 1. The van der Waals surface area contributed by atoms with Gasteiger partial charge in [0.2, 0.25) is 0 Å². The quantitative estimate of drug-likeness (QED) is 0.527. The van der Waals surface area contributed by atoms with Crippen LogP contribution in [-0.4, -0.2) is 24.3 Å². The monoisotopic (exact) mass is 419 g/mol. The Balaban J connectivity index is 1.82. The molecule has 0 unspecified atom stereocenters. The maximum absolute atomic E-state index is 12.7. The van der Waals surface area contributed by atoms with Crippen LogP contribution in [0.3, 0.4) is 0 Å². The van der Waals surface area contributed by atoms with E-state index in [0.717, 1.165) is 12.1 Å². The number of hydrogen-bond acceptors (Lipinski definition) is 5. The number of ketones is 1. The molecule has 144 valence electrons.